The Morgan fingerprint density at radius 2 is 1.90 bits per heavy atom. The van der Waals surface area contributed by atoms with Crippen LogP contribution in [0.25, 0.3) is 5.82 Å². The quantitative estimate of drug-likeness (QED) is 0.391. The lowest BCUT2D eigenvalue weighted by molar-refractivity contribution is -0.194. The highest BCUT2D eigenvalue weighted by Gasteiger charge is 2.64. The molecule has 0 unspecified atom stereocenters. The van der Waals surface area contributed by atoms with E-state index in [4.69, 9.17) is 9.72 Å². The number of carbonyl (C=O) groups excluding carboxylic acids is 1. The van der Waals surface area contributed by atoms with E-state index in [0.717, 1.165) is 12.0 Å². The van der Waals surface area contributed by atoms with Gasteiger partial charge in [-0.3, -0.25) is 4.79 Å². The molecule has 0 radical (unpaired) electrons. The van der Waals surface area contributed by atoms with E-state index < -0.39 is 34.1 Å². The van der Waals surface area contributed by atoms with Crippen LogP contribution >= 0.6 is 0 Å². The van der Waals surface area contributed by atoms with Gasteiger partial charge in [-0.15, -0.1) is 5.10 Å². The number of nitrogens with one attached hydrogen (secondary N) is 1. The fraction of sp³-hybridized carbons (Fsp3) is 0.464. The van der Waals surface area contributed by atoms with Crippen molar-refractivity contribution in [2.24, 2.45) is 11.3 Å². The van der Waals surface area contributed by atoms with E-state index in [1.54, 1.807) is 19.1 Å². The van der Waals surface area contributed by atoms with Gasteiger partial charge in [-0.2, -0.15) is 13.2 Å². The third-order valence-electron chi connectivity index (χ3n) is 7.71. The van der Waals surface area contributed by atoms with E-state index in [-0.39, 0.29) is 46.5 Å². The normalized spacial score (nSPS) is 19.7. The zero-order valence-electron chi connectivity index (χ0n) is 23.2. The first-order chi connectivity index (χ1) is 19.1. The molecule has 0 bridgehead atoms. The molecule has 13 heteroatoms. The third kappa shape index (κ3) is 5.77. The van der Waals surface area contributed by atoms with Crippen molar-refractivity contribution >= 4 is 21.7 Å². The number of benzene rings is 1. The van der Waals surface area contributed by atoms with Crippen LogP contribution in [0.3, 0.4) is 0 Å². The highest BCUT2D eigenvalue weighted by Crippen LogP contribution is 2.57. The lowest BCUT2D eigenvalue weighted by atomic mass is 9.97. The van der Waals surface area contributed by atoms with Crippen LogP contribution in [-0.2, 0) is 10.0 Å². The number of pyridine rings is 1. The van der Waals surface area contributed by atoms with E-state index in [2.05, 4.69) is 16.7 Å². The Kier molecular flexibility index (Phi) is 7.07. The lowest BCUT2D eigenvalue weighted by Crippen LogP contribution is -2.41. The smallest absolute Gasteiger partial charge is 0.397 e. The molecule has 1 saturated carbocycles. The number of aryl methyl sites for hydroxylation is 1. The molecule has 2 aliphatic rings. The van der Waals surface area contributed by atoms with E-state index in [1.165, 1.54) is 41.2 Å². The van der Waals surface area contributed by atoms with Gasteiger partial charge >= 0.3 is 6.18 Å². The maximum Gasteiger partial charge on any atom is 0.397 e. The van der Waals surface area contributed by atoms with Gasteiger partial charge < -0.3 is 9.64 Å². The van der Waals surface area contributed by atoms with Crippen molar-refractivity contribution in [3.63, 3.8) is 0 Å². The Bertz CT molecular complexity index is 1580. The summed E-state index contributed by atoms with van der Waals surface area (Å²) in [4.78, 5) is 20.1. The zero-order chi connectivity index (χ0) is 29.8. The average Bonchev–Trinajstić information content (AvgIpc) is 3.45. The van der Waals surface area contributed by atoms with Gasteiger partial charge in [0, 0.05) is 24.3 Å². The van der Waals surface area contributed by atoms with Gasteiger partial charge in [-0.05, 0) is 75.8 Å². The fourth-order valence-electron chi connectivity index (χ4n) is 5.31. The predicted molar refractivity (Wildman–Crippen MR) is 146 cm³/mol. The maximum absolute atomic E-state index is 13.4. The summed E-state index contributed by atoms with van der Waals surface area (Å²) in [5.74, 6) is 0.0452. The first kappa shape index (κ1) is 28.9. The second kappa shape index (κ2) is 10.0. The molecule has 3 heterocycles. The van der Waals surface area contributed by atoms with Gasteiger partial charge in [0.15, 0.2) is 5.82 Å². The van der Waals surface area contributed by atoms with Gasteiger partial charge in [-0.1, -0.05) is 19.1 Å². The molecule has 1 saturated heterocycles. The number of ether oxygens (including phenoxy) is 1. The van der Waals surface area contributed by atoms with Crippen LogP contribution < -0.4 is 14.4 Å². The highest BCUT2D eigenvalue weighted by molar-refractivity contribution is 7.90. The Morgan fingerprint density at radius 1 is 1.17 bits per heavy atom. The molecule has 1 atom stereocenters. The molecule has 2 aromatic heterocycles. The number of alkyl halides is 3. The summed E-state index contributed by atoms with van der Waals surface area (Å²) in [5.41, 5.74) is -1.41. The number of rotatable bonds is 8. The molecule has 0 spiro atoms. The average molecular weight is 592 g/mol. The van der Waals surface area contributed by atoms with Crippen LogP contribution in [-0.4, -0.2) is 54.0 Å². The molecule has 9 nitrogen and oxygen atoms in total. The Morgan fingerprint density at radius 3 is 2.51 bits per heavy atom. The van der Waals surface area contributed by atoms with E-state index in [0.29, 0.717) is 12.4 Å². The molecule has 2 fully saturated rings. The SMILES string of the molecule is Cc1cccc(S(=O)(=O)NC(=O)c2ccc(-n3ccc(OCC4(C(F)(F)F)CC4)n3)nc2N2C[C@@H](C)CC2(C)C)c1. The summed E-state index contributed by atoms with van der Waals surface area (Å²) >= 11 is 0. The number of carbonyl (C=O) groups is 1. The molecule has 41 heavy (non-hydrogen) atoms. The number of hydrogen-bond acceptors (Lipinski definition) is 7. The first-order valence-corrected chi connectivity index (χ1v) is 14.8. The first-order valence-electron chi connectivity index (χ1n) is 13.3. The Labute approximate surface area is 236 Å². The predicted octanol–water partition coefficient (Wildman–Crippen LogP) is 5.04. The van der Waals surface area contributed by atoms with Crippen LogP contribution in [0, 0.1) is 18.3 Å². The molecule has 1 N–H and O–H groups in total. The number of amides is 1. The minimum atomic E-state index is -4.34. The Hall–Kier alpha value is -3.61. The molecule has 5 rings (SSSR count). The molecule has 220 valence electrons. The molecule has 1 amide bonds. The number of hydrogen-bond donors (Lipinski definition) is 1. The molecular formula is C28H32F3N5O4S. The van der Waals surface area contributed by atoms with Crippen LogP contribution in [0.4, 0.5) is 19.0 Å². The van der Waals surface area contributed by atoms with E-state index >= 15 is 0 Å². The van der Waals surface area contributed by atoms with Gasteiger partial charge in [0.1, 0.15) is 17.8 Å². The van der Waals surface area contributed by atoms with Crippen molar-refractivity contribution in [1.82, 2.24) is 19.5 Å². The maximum atomic E-state index is 13.4. The largest absolute Gasteiger partial charge is 0.476 e. The van der Waals surface area contributed by atoms with Gasteiger partial charge in [0.25, 0.3) is 15.9 Å². The van der Waals surface area contributed by atoms with Gasteiger partial charge in [-0.25, -0.2) is 22.8 Å². The molecule has 1 aliphatic carbocycles. The molecule has 1 aliphatic heterocycles. The molecule has 1 aromatic carbocycles. The Balaban J connectivity index is 1.45. The standard InChI is InChI=1S/C28H32F3N5O4S/c1-18-6-5-7-20(14-18)41(38,39)34-25(37)21-8-9-22(32-24(21)35-16-19(2)15-26(35,3)4)36-13-10-23(33-36)40-17-27(11-12-27)28(29,30)31/h5-10,13-14,19H,11-12,15-17H2,1-4H3,(H,34,37)/t19-/m0/s1. The van der Waals surface area contributed by atoms with Crippen LogP contribution in [0.15, 0.2) is 53.6 Å². The van der Waals surface area contributed by atoms with Crippen molar-refractivity contribution in [2.75, 3.05) is 18.1 Å². The van der Waals surface area contributed by atoms with Crippen molar-refractivity contribution in [2.45, 2.75) is 63.6 Å². The number of anilines is 1. The summed E-state index contributed by atoms with van der Waals surface area (Å²) in [6.07, 6.45) is -1.96. The number of halogens is 3. The number of nitrogens with zero attached hydrogens (tertiary/aromatic N) is 4. The van der Waals surface area contributed by atoms with Crippen LogP contribution in [0.5, 0.6) is 5.88 Å². The highest BCUT2D eigenvalue weighted by atomic mass is 32.2. The fourth-order valence-corrected chi connectivity index (χ4v) is 6.38. The topological polar surface area (TPSA) is 106 Å². The van der Waals surface area contributed by atoms with Crippen LogP contribution in [0.2, 0.25) is 0 Å². The third-order valence-corrected chi connectivity index (χ3v) is 9.04. The summed E-state index contributed by atoms with van der Waals surface area (Å²) < 4.78 is 74.8. The number of aromatic nitrogens is 3. The van der Waals surface area contributed by atoms with Crippen LogP contribution in [0.1, 0.15) is 56.0 Å². The summed E-state index contributed by atoms with van der Waals surface area (Å²) in [5, 5.41) is 4.24. The van der Waals surface area contributed by atoms with Crippen molar-refractivity contribution in [3.8, 4) is 11.7 Å². The van der Waals surface area contributed by atoms with Crippen molar-refractivity contribution < 1.29 is 31.1 Å². The molecule has 3 aromatic rings. The summed E-state index contributed by atoms with van der Waals surface area (Å²) in [7, 11) is -4.15. The minimum Gasteiger partial charge on any atom is -0.476 e. The number of sulfonamides is 1. The lowest BCUT2D eigenvalue weighted by Gasteiger charge is -2.34. The summed E-state index contributed by atoms with van der Waals surface area (Å²) in [6, 6.07) is 10.7. The van der Waals surface area contributed by atoms with Crippen molar-refractivity contribution in [3.05, 3.63) is 59.8 Å². The minimum absolute atomic E-state index is 0.0186. The van der Waals surface area contributed by atoms with Gasteiger partial charge in [0.2, 0.25) is 5.88 Å². The van der Waals surface area contributed by atoms with E-state index in [1.807, 2.05) is 18.7 Å². The van der Waals surface area contributed by atoms with Gasteiger partial charge in [0.05, 0.1) is 10.5 Å². The monoisotopic (exact) mass is 591 g/mol. The molecular weight excluding hydrogens is 559 g/mol. The zero-order valence-corrected chi connectivity index (χ0v) is 24.0. The summed E-state index contributed by atoms with van der Waals surface area (Å²) in [6.45, 7) is 7.94. The van der Waals surface area contributed by atoms with E-state index in [9.17, 15) is 26.4 Å². The van der Waals surface area contributed by atoms with Crippen molar-refractivity contribution in [1.29, 1.82) is 0 Å². The second-order valence-corrected chi connectivity index (χ2v) is 13.4. The second-order valence-electron chi connectivity index (χ2n) is 11.7.